The first-order valence-electron chi connectivity index (χ1n) is 10.0. The van der Waals surface area contributed by atoms with Crippen LogP contribution in [0.3, 0.4) is 0 Å². The van der Waals surface area contributed by atoms with E-state index in [1.165, 1.54) is 5.57 Å². The predicted octanol–water partition coefficient (Wildman–Crippen LogP) is 2.60. The molecule has 0 aromatic carbocycles. The normalized spacial score (nSPS) is 50.5. The lowest BCUT2D eigenvalue weighted by Gasteiger charge is -2.59. The van der Waals surface area contributed by atoms with Gasteiger partial charge in [0.25, 0.3) is 0 Å². The van der Waals surface area contributed by atoms with Crippen LogP contribution in [0, 0.1) is 28.6 Å². The summed E-state index contributed by atoms with van der Waals surface area (Å²) in [6.45, 7) is 4.12. The van der Waals surface area contributed by atoms with Crippen LogP contribution in [0.25, 0.3) is 0 Å². The van der Waals surface area contributed by atoms with E-state index in [2.05, 4.69) is 13.8 Å². The Hall–Kier alpha value is -0.710. The number of hydrogen-bond donors (Lipinski definition) is 3. The van der Waals surface area contributed by atoms with Crippen LogP contribution >= 0.6 is 0 Å². The first-order valence-corrected chi connectivity index (χ1v) is 10.0. The molecule has 4 heteroatoms. The molecule has 3 fully saturated rings. The van der Waals surface area contributed by atoms with Crippen molar-refractivity contribution >= 4 is 5.78 Å². The lowest BCUT2D eigenvalue weighted by Crippen LogP contribution is -2.59. The summed E-state index contributed by atoms with van der Waals surface area (Å²) < 4.78 is 0. The van der Waals surface area contributed by atoms with Crippen LogP contribution < -0.4 is 0 Å². The first-order chi connectivity index (χ1) is 11.8. The Morgan fingerprint density at radius 3 is 2.56 bits per heavy atom. The van der Waals surface area contributed by atoms with Gasteiger partial charge in [0.1, 0.15) is 6.10 Å². The molecule has 4 nitrogen and oxygen atoms in total. The van der Waals surface area contributed by atoms with Crippen molar-refractivity contribution < 1.29 is 20.1 Å². The van der Waals surface area contributed by atoms with Crippen LogP contribution in [-0.4, -0.2) is 39.4 Å². The molecule has 0 amide bonds. The van der Waals surface area contributed by atoms with Crippen molar-refractivity contribution in [3.05, 3.63) is 11.6 Å². The molecule has 7 atom stereocenters. The molecular weight excluding hydrogens is 316 g/mol. The van der Waals surface area contributed by atoms with Gasteiger partial charge in [0, 0.05) is 11.8 Å². The van der Waals surface area contributed by atoms with Crippen molar-refractivity contribution in [1.29, 1.82) is 0 Å². The highest BCUT2D eigenvalue weighted by Gasteiger charge is 2.65. The second-order valence-corrected chi connectivity index (χ2v) is 9.59. The van der Waals surface area contributed by atoms with E-state index in [9.17, 15) is 20.1 Å². The minimum absolute atomic E-state index is 0.133. The molecule has 0 radical (unpaired) electrons. The van der Waals surface area contributed by atoms with Crippen molar-refractivity contribution in [2.45, 2.75) is 76.9 Å². The fourth-order valence-corrected chi connectivity index (χ4v) is 7.31. The third-order valence-corrected chi connectivity index (χ3v) is 8.90. The minimum atomic E-state index is -1.17. The maximum Gasteiger partial charge on any atom is 0.155 e. The quantitative estimate of drug-likeness (QED) is 0.717. The SMILES string of the molecule is CC12CCC(=O)C=C1CCC1C2CCC2(C)C1CCC2(O)[C@@H](O)CO. The average molecular weight is 348 g/mol. The third-order valence-electron chi connectivity index (χ3n) is 8.90. The van der Waals surface area contributed by atoms with E-state index in [1.54, 1.807) is 0 Å². The first kappa shape index (κ1) is 17.7. The maximum atomic E-state index is 11.9. The summed E-state index contributed by atoms with van der Waals surface area (Å²) in [5.41, 5.74) is 0.00120. The molecule has 4 aliphatic rings. The number of carbonyl (C=O) groups excluding carboxylic acids is 1. The third kappa shape index (κ3) is 2.20. The number of rotatable bonds is 2. The molecule has 25 heavy (non-hydrogen) atoms. The predicted molar refractivity (Wildman–Crippen MR) is 94.8 cm³/mol. The highest BCUT2D eigenvalue weighted by atomic mass is 16.4. The Morgan fingerprint density at radius 1 is 1.12 bits per heavy atom. The minimum Gasteiger partial charge on any atom is -0.394 e. The zero-order chi connectivity index (χ0) is 18.0. The molecule has 0 aromatic heterocycles. The molecule has 0 saturated heterocycles. The largest absolute Gasteiger partial charge is 0.394 e. The summed E-state index contributed by atoms with van der Waals surface area (Å²) in [6, 6.07) is 0. The summed E-state index contributed by atoms with van der Waals surface area (Å²) in [6.07, 6.45) is 8.03. The zero-order valence-corrected chi connectivity index (χ0v) is 15.5. The van der Waals surface area contributed by atoms with E-state index in [4.69, 9.17) is 0 Å². The topological polar surface area (TPSA) is 77.8 Å². The summed E-state index contributed by atoms with van der Waals surface area (Å²) in [4.78, 5) is 11.9. The molecule has 3 N–H and O–H groups in total. The molecule has 0 spiro atoms. The maximum absolute atomic E-state index is 11.9. The Balaban J connectivity index is 1.67. The van der Waals surface area contributed by atoms with E-state index >= 15 is 0 Å². The molecule has 0 aromatic rings. The summed E-state index contributed by atoms with van der Waals surface area (Å²) in [7, 11) is 0. The molecule has 3 saturated carbocycles. The monoisotopic (exact) mass is 348 g/mol. The standard InChI is InChI=1S/C21H32O4/c1-19-8-5-14(23)11-13(19)3-4-15-16(19)6-9-20(2)17(15)7-10-21(20,25)18(24)12-22/h11,15-18,22,24-25H,3-10,12H2,1-2H3/t15?,16?,17?,18-,19?,20?,21?/m0/s1. The number of ketones is 1. The Kier molecular flexibility index (Phi) is 3.99. The van der Waals surface area contributed by atoms with Gasteiger partial charge in [-0.05, 0) is 74.2 Å². The van der Waals surface area contributed by atoms with Crippen LogP contribution in [0.1, 0.15) is 65.2 Å². The van der Waals surface area contributed by atoms with Crippen molar-refractivity contribution in [1.82, 2.24) is 0 Å². The van der Waals surface area contributed by atoms with Crippen LogP contribution in [0.2, 0.25) is 0 Å². The number of hydrogen-bond acceptors (Lipinski definition) is 4. The molecule has 140 valence electrons. The van der Waals surface area contributed by atoms with E-state index in [0.29, 0.717) is 30.6 Å². The van der Waals surface area contributed by atoms with E-state index in [1.807, 2.05) is 6.08 Å². The van der Waals surface area contributed by atoms with Crippen LogP contribution in [-0.2, 0) is 4.79 Å². The van der Waals surface area contributed by atoms with Gasteiger partial charge < -0.3 is 15.3 Å². The van der Waals surface area contributed by atoms with Crippen LogP contribution in [0.5, 0.6) is 0 Å². The molecule has 0 heterocycles. The van der Waals surface area contributed by atoms with Crippen LogP contribution in [0.15, 0.2) is 11.6 Å². The molecule has 0 aliphatic heterocycles. The smallest absolute Gasteiger partial charge is 0.155 e. The Morgan fingerprint density at radius 2 is 1.84 bits per heavy atom. The van der Waals surface area contributed by atoms with Crippen molar-refractivity contribution in [2.75, 3.05) is 6.61 Å². The lowest BCUT2D eigenvalue weighted by atomic mass is 9.46. The molecule has 0 bridgehead atoms. The second-order valence-electron chi connectivity index (χ2n) is 9.59. The van der Waals surface area contributed by atoms with Gasteiger partial charge in [0.15, 0.2) is 5.78 Å². The van der Waals surface area contributed by atoms with Gasteiger partial charge in [0.2, 0.25) is 0 Å². The molecule has 6 unspecified atom stereocenters. The van der Waals surface area contributed by atoms with Crippen molar-refractivity contribution in [2.24, 2.45) is 28.6 Å². The van der Waals surface area contributed by atoms with Crippen molar-refractivity contribution in [3.8, 4) is 0 Å². The zero-order valence-electron chi connectivity index (χ0n) is 15.5. The van der Waals surface area contributed by atoms with E-state index < -0.39 is 11.7 Å². The van der Waals surface area contributed by atoms with Gasteiger partial charge in [-0.25, -0.2) is 0 Å². The number of fused-ring (bicyclic) bond motifs is 5. The molecule has 4 rings (SSSR count). The number of allylic oxidation sites excluding steroid dienone is 1. The molecule has 4 aliphatic carbocycles. The van der Waals surface area contributed by atoms with E-state index in [0.717, 1.165) is 38.5 Å². The summed E-state index contributed by atoms with van der Waals surface area (Å²) in [5.74, 6) is 1.81. The fraction of sp³-hybridized carbons (Fsp3) is 0.857. The Bertz CT molecular complexity index is 613. The van der Waals surface area contributed by atoms with E-state index in [-0.39, 0.29) is 23.2 Å². The summed E-state index contributed by atoms with van der Waals surface area (Å²) in [5, 5.41) is 31.1. The highest BCUT2D eigenvalue weighted by Crippen LogP contribution is 2.67. The van der Waals surface area contributed by atoms with Gasteiger partial charge in [-0.15, -0.1) is 0 Å². The highest BCUT2D eigenvalue weighted by molar-refractivity contribution is 5.91. The molecular formula is C21H32O4. The average Bonchev–Trinajstić information content (AvgIpc) is 2.87. The van der Waals surface area contributed by atoms with Gasteiger partial charge >= 0.3 is 0 Å². The number of aliphatic hydroxyl groups is 3. The lowest BCUT2D eigenvalue weighted by molar-refractivity contribution is -0.184. The number of aliphatic hydroxyl groups excluding tert-OH is 2. The van der Waals surface area contributed by atoms with Gasteiger partial charge in [-0.3, -0.25) is 4.79 Å². The Labute approximate surface area is 150 Å². The van der Waals surface area contributed by atoms with Crippen molar-refractivity contribution in [3.63, 3.8) is 0 Å². The van der Waals surface area contributed by atoms with Gasteiger partial charge in [0.05, 0.1) is 12.2 Å². The second kappa shape index (κ2) is 5.64. The van der Waals surface area contributed by atoms with Gasteiger partial charge in [-0.1, -0.05) is 19.4 Å². The van der Waals surface area contributed by atoms with Crippen LogP contribution in [0.4, 0.5) is 0 Å². The number of carbonyl (C=O) groups is 1. The van der Waals surface area contributed by atoms with Gasteiger partial charge in [-0.2, -0.15) is 0 Å². The fourth-order valence-electron chi connectivity index (χ4n) is 7.31. The summed E-state index contributed by atoms with van der Waals surface area (Å²) >= 11 is 0.